The van der Waals surface area contributed by atoms with E-state index in [1.54, 1.807) is 0 Å². The zero-order valence-corrected chi connectivity index (χ0v) is 13.4. The Bertz CT molecular complexity index is 336. The fraction of sp³-hybridized carbons (Fsp3) is 0.875. The Morgan fingerprint density at radius 3 is 2.62 bits per heavy atom. The number of rotatable bonds is 9. The lowest BCUT2D eigenvalue weighted by atomic mass is 9.84. The number of amides is 1. The Kier molecular flexibility index (Phi) is 7.72. The molecule has 0 aliphatic carbocycles. The average Bonchev–Trinajstić information content (AvgIpc) is 2.44. The van der Waals surface area contributed by atoms with E-state index in [2.05, 4.69) is 10.6 Å². The second-order valence-electron chi connectivity index (χ2n) is 6.84. The maximum absolute atomic E-state index is 11.8. The van der Waals surface area contributed by atoms with Gasteiger partial charge < -0.3 is 15.7 Å². The quantitative estimate of drug-likeness (QED) is 0.610. The summed E-state index contributed by atoms with van der Waals surface area (Å²) in [5, 5.41) is 15.1. The fourth-order valence-corrected chi connectivity index (χ4v) is 2.67. The van der Waals surface area contributed by atoms with Gasteiger partial charge in [-0.1, -0.05) is 20.3 Å². The Labute approximate surface area is 127 Å². The molecule has 0 aromatic rings. The highest BCUT2D eigenvalue weighted by Crippen LogP contribution is 2.26. The molecule has 1 unspecified atom stereocenters. The summed E-state index contributed by atoms with van der Waals surface area (Å²) in [6.07, 6.45) is 6.81. The molecule has 0 radical (unpaired) electrons. The van der Waals surface area contributed by atoms with E-state index in [0.29, 0.717) is 25.4 Å². The van der Waals surface area contributed by atoms with Gasteiger partial charge in [0.2, 0.25) is 5.91 Å². The third-order valence-electron chi connectivity index (χ3n) is 4.27. The van der Waals surface area contributed by atoms with Crippen molar-refractivity contribution in [3.05, 3.63) is 0 Å². The smallest absolute Gasteiger partial charge is 0.303 e. The Balaban J connectivity index is 2.10. The van der Waals surface area contributed by atoms with Crippen molar-refractivity contribution >= 4 is 11.9 Å². The number of piperidine rings is 1. The second kappa shape index (κ2) is 9.03. The third kappa shape index (κ3) is 8.71. The average molecular weight is 298 g/mol. The molecule has 1 amide bonds. The van der Waals surface area contributed by atoms with Gasteiger partial charge in [0.05, 0.1) is 0 Å². The van der Waals surface area contributed by atoms with E-state index in [1.807, 2.05) is 13.8 Å². The fourth-order valence-electron chi connectivity index (χ4n) is 2.67. The summed E-state index contributed by atoms with van der Waals surface area (Å²) in [7, 11) is 0. The maximum Gasteiger partial charge on any atom is 0.303 e. The van der Waals surface area contributed by atoms with E-state index in [0.717, 1.165) is 19.4 Å². The molecule has 1 saturated heterocycles. The maximum atomic E-state index is 11.8. The molecular weight excluding hydrogens is 268 g/mol. The summed E-state index contributed by atoms with van der Waals surface area (Å²) in [6, 6.07) is 0.497. The van der Waals surface area contributed by atoms with Crippen molar-refractivity contribution in [3.63, 3.8) is 0 Å². The minimum absolute atomic E-state index is 0.0450. The van der Waals surface area contributed by atoms with Gasteiger partial charge in [0.25, 0.3) is 0 Å². The molecule has 0 spiro atoms. The second-order valence-corrected chi connectivity index (χ2v) is 6.84. The number of carbonyl (C=O) groups is 2. The van der Waals surface area contributed by atoms with Crippen molar-refractivity contribution in [2.24, 2.45) is 5.41 Å². The summed E-state index contributed by atoms with van der Waals surface area (Å²) >= 11 is 0. The van der Waals surface area contributed by atoms with Crippen LogP contribution >= 0.6 is 0 Å². The highest BCUT2D eigenvalue weighted by molar-refractivity contribution is 5.75. The lowest BCUT2D eigenvalue weighted by molar-refractivity contribution is -0.137. The molecule has 0 saturated carbocycles. The number of carbonyl (C=O) groups excluding carboxylic acids is 1. The monoisotopic (exact) mass is 298 g/mol. The molecule has 0 aromatic carbocycles. The zero-order valence-electron chi connectivity index (χ0n) is 13.4. The van der Waals surface area contributed by atoms with Gasteiger partial charge in [0.15, 0.2) is 0 Å². The van der Waals surface area contributed by atoms with Crippen molar-refractivity contribution in [2.75, 3.05) is 13.1 Å². The van der Waals surface area contributed by atoms with Gasteiger partial charge in [-0.25, -0.2) is 0 Å². The van der Waals surface area contributed by atoms with Gasteiger partial charge in [-0.2, -0.15) is 0 Å². The van der Waals surface area contributed by atoms with Crippen molar-refractivity contribution in [3.8, 4) is 0 Å². The Hall–Kier alpha value is -1.10. The molecule has 1 aliphatic heterocycles. The van der Waals surface area contributed by atoms with Crippen molar-refractivity contribution in [1.29, 1.82) is 0 Å². The summed E-state index contributed by atoms with van der Waals surface area (Å²) in [6.45, 7) is 5.80. The van der Waals surface area contributed by atoms with Gasteiger partial charge in [0.1, 0.15) is 0 Å². The minimum Gasteiger partial charge on any atom is -0.481 e. The molecule has 1 heterocycles. The highest BCUT2D eigenvalue weighted by atomic mass is 16.4. The van der Waals surface area contributed by atoms with Crippen LogP contribution in [0.1, 0.15) is 65.2 Å². The van der Waals surface area contributed by atoms with Crippen LogP contribution in [-0.2, 0) is 9.59 Å². The first kappa shape index (κ1) is 18.0. The van der Waals surface area contributed by atoms with Crippen LogP contribution in [0.4, 0.5) is 0 Å². The van der Waals surface area contributed by atoms with Crippen LogP contribution in [0.15, 0.2) is 0 Å². The molecule has 1 aliphatic rings. The van der Waals surface area contributed by atoms with Crippen LogP contribution in [0.2, 0.25) is 0 Å². The van der Waals surface area contributed by atoms with Gasteiger partial charge in [-0.15, -0.1) is 0 Å². The van der Waals surface area contributed by atoms with E-state index < -0.39 is 5.97 Å². The Morgan fingerprint density at radius 1 is 1.24 bits per heavy atom. The number of hydrogen-bond acceptors (Lipinski definition) is 3. The van der Waals surface area contributed by atoms with E-state index in [1.165, 1.54) is 19.3 Å². The zero-order chi connectivity index (χ0) is 15.7. The van der Waals surface area contributed by atoms with Crippen LogP contribution in [-0.4, -0.2) is 36.1 Å². The molecular formula is C16H30N2O3. The van der Waals surface area contributed by atoms with E-state index in [9.17, 15) is 9.59 Å². The standard InChI is InChI=1S/C16H30N2O3/c1-16(2,9-8-15(20)21)10-12-18-14(19)7-6-13-5-3-4-11-17-13/h13,17H,3-12H2,1-2H3,(H,18,19)(H,20,21). The van der Waals surface area contributed by atoms with Crippen LogP contribution in [0.25, 0.3) is 0 Å². The van der Waals surface area contributed by atoms with Crippen LogP contribution in [0.3, 0.4) is 0 Å². The molecule has 122 valence electrons. The van der Waals surface area contributed by atoms with E-state index in [-0.39, 0.29) is 17.7 Å². The van der Waals surface area contributed by atoms with Crippen LogP contribution in [0, 0.1) is 5.41 Å². The van der Waals surface area contributed by atoms with Crippen molar-refractivity contribution in [2.45, 2.75) is 71.3 Å². The van der Waals surface area contributed by atoms with Gasteiger partial charge in [0, 0.05) is 25.4 Å². The van der Waals surface area contributed by atoms with Crippen LogP contribution in [0.5, 0.6) is 0 Å². The lowest BCUT2D eigenvalue weighted by Gasteiger charge is -2.24. The van der Waals surface area contributed by atoms with Crippen molar-refractivity contribution in [1.82, 2.24) is 10.6 Å². The van der Waals surface area contributed by atoms with Crippen molar-refractivity contribution < 1.29 is 14.7 Å². The summed E-state index contributed by atoms with van der Waals surface area (Å²) in [5.74, 6) is -0.650. The molecule has 1 rings (SSSR count). The molecule has 21 heavy (non-hydrogen) atoms. The number of nitrogens with one attached hydrogen (secondary N) is 2. The number of carboxylic acid groups (broad SMARTS) is 1. The van der Waals surface area contributed by atoms with Gasteiger partial charge >= 0.3 is 5.97 Å². The largest absolute Gasteiger partial charge is 0.481 e. The van der Waals surface area contributed by atoms with E-state index in [4.69, 9.17) is 5.11 Å². The Morgan fingerprint density at radius 2 is 2.00 bits per heavy atom. The summed E-state index contributed by atoms with van der Waals surface area (Å²) < 4.78 is 0. The predicted octanol–water partition coefficient (Wildman–Crippen LogP) is 2.31. The number of carboxylic acids is 1. The molecule has 1 fully saturated rings. The molecule has 1 atom stereocenters. The molecule has 5 nitrogen and oxygen atoms in total. The normalized spacial score (nSPS) is 19.2. The molecule has 0 bridgehead atoms. The molecule has 3 N–H and O–H groups in total. The predicted molar refractivity (Wildman–Crippen MR) is 83.2 cm³/mol. The van der Waals surface area contributed by atoms with Gasteiger partial charge in [-0.05, 0) is 44.1 Å². The molecule has 5 heteroatoms. The van der Waals surface area contributed by atoms with Crippen LogP contribution < -0.4 is 10.6 Å². The van der Waals surface area contributed by atoms with Gasteiger partial charge in [-0.3, -0.25) is 9.59 Å². The third-order valence-corrected chi connectivity index (χ3v) is 4.27. The topological polar surface area (TPSA) is 78.4 Å². The minimum atomic E-state index is -0.757. The lowest BCUT2D eigenvalue weighted by Crippen LogP contribution is -2.35. The number of hydrogen-bond donors (Lipinski definition) is 3. The highest BCUT2D eigenvalue weighted by Gasteiger charge is 2.19. The summed E-state index contributed by atoms with van der Waals surface area (Å²) in [4.78, 5) is 22.4. The first-order valence-electron chi connectivity index (χ1n) is 8.11. The molecule has 0 aromatic heterocycles. The SMILES string of the molecule is CC(C)(CCNC(=O)CCC1CCCCN1)CCC(=O)O. The summed E-state index contributed by atoms with van der Waals surface area (Å²) in [5.41, 5.74) is -0.0450. The van der Waals surface area contributed by atoms with E-state index >= 15 is 0 Å². The first-order chi connectivity index (χ1) is 9.89. The number of aliphatic carboxylic acids is 1. The first-order valence-corrected chi connectivity index (χ1v) is 8.11.